The number of para-hydroxylation sites is 3. The Hall–Kier alpha value is -2.93. The number of amides is 2. The van der Waals surface area contributed by atoms with Crippen LogP contribution >= 0.6 is 11.3 Å². The van der Waals surface area contributed by atoms with Crippen LogP contribution in [0.2, 0.25) is 0 Å². The van der Waals surface area contributed by atoms with Gasteiger partial charge in [-0.15, -0.1) is 0 Å². The van der Waals surface area contributed by atoms with Crippen molar-refractivity contribution in [3.05, 3.63) is 48.5 Å². The van der Waals surface area contributed by atoms with E-state index in [0.29, 0.717) is 23.2 Å². The van der Waals surface area contributed by atoms with Gasteiger partial charge in [0.2, 0.25) is 11.8 Å². The molecule has 2 heterocycles. The number of nitrogens with one attached hydrogen (secondary N) is 1. The number of hydrogen-bond acceptors (Lipinski definition) is 5. The Morgan fingerprint density at radius 1 is 1.20 bits per heavy atom. The number of hydrogen-bond donors (Lipinski definition) is 1. The molecule has 0 aliphatic carbocycles. The van der Waals surface area contributed by atoms with Gasteiger partial charge in [-0.1, -0.05) is 35.6 Å². The lowest BCUT2D eigenvalue weighted by atomic mass is 10.2. The molecule has 1 aromatic heterocycles. The van der Waals surface area contributed by atoms with Gasteiger partial charge in [0.15, 0.2) is 5.13 Å². The van der Waals surface area contributed by atoms with Crippen molar-refractivity contribution in [2.24, 2.45) is 0 Å². The molecule has 0 atom stereocenters. The van der Waals surface area contributed by atoms with E-state index >= 15 is 0 Å². The van der Waals surface area contributed by atoms with Crippen molar-refractivity contribution in [1.82, 2.24) is 4.98 Å². The van der Waals surface area contributed by atoms with E-state index < -0.39 is 0 Å². The molecule has 2 aromatic carbocycles. The molecule has 126 valence electrons. The van der Waals surface area contributed by atoms with Gasteiger partial charge in [-0.3, -0.25) is 14.5 Å². The number of nitrogens with zero attached hydrogens (tertiary/aromatic N) is 2. The Bertz CT molecular complexity index is 920. The fraction of sp³-hybridized carbons (Fsp3) is 0.167. The lowest BCUT2D eigenvalue weighted by Gasteiger charge is -2.20. The number of thiazole rings is 1. The smallest absolute Gasteiger partial charge is 0.246 e. The Kier molecular flexibility index (Phi) is 4.07. The zero-order valence-corrected chi connectivity index (χ0v) is 14.1. The van der Waals surface area contributed by atoms with Crippen molar-refractivity contribution >= 4 is 44.2 Å². The van der Waals surface area contributed by atoms with E-state index in [4.69, 9.17) is 4.74 Å². The molecular weight excluding hydrogens is 338 g/mol. The fourth-order valence-electron chi connectivity index (χ4n) is 2.72. The van der Waals surface area contributed by atoms with E-state index in [1.807, 2.05) is 36.4 Å². The van der Waals surface area contributed by atoms with Crippen molar-refractivity contribution in [2.45, 2.75) is 6.42 Å². The quantitative estimate of drug-likeness (QED) is 0.786. The highest BCUT2D eigenvalue weighted by molar-refractivity contribution is 7.22. The average molecular weight is 353 g/mol. The Balaban J connectivity index is 1.54. The SMILES string of the molecule is O=C(CN1C(=O)CCOc2ccccc21)Nc1nc2ccccc2s1. The van der Waals surface area contributed by atoms with Crippen molar-refractivity contribution in [1.29, 1.82) is 0 Å². The third-order valence-corrected chi connectivity index (χ3v) is 4.82. The van der Waals surface area contributed by atoms with E-state index in [0.717, 1.165) is 10.2 Å². The number of benzene rings is 2. The van der Waals surface area contributed by atoms with E-state index in [2.05, 4.69) is 10.3 Å². The van der Waals surface area contributed by atoms with Crippen LogP contribution in [0, 0.1) is 0 Å². The zero-order chi connectivity index (χ0) is 17.2. The molecule has 0 saturated heterocycles. The molecule has 1 N–H and O–H groups in total. The molecule has 0 fully saturated rings. The maximum absolute atomic E-state index is 12.4. The molecule has 1 aliphatic rings. The summed E-state index contributed by atoms with van der Waals surface area (Å²) in [6.45, 7) is 0.237. The molecular formula is C18H15N3O3S. The predicted octanol–water partition coefficient (Wildman–Crippen LogP) is 3.05. The molecule has 0 saturated carbocycles. The molecule has 0 radical (unpaired) electrons. The highest BCUT2D eigenvalue weighted by atomic mass is 32.1. The zero-order valence-electron chi connectivity index (χ0n) is 13.3. The van der Waals surface area contributed by atoms with Crippen molar-refractivity contribution in [3.63, 3.8) is 0 Å². The largest absolute Gasteiger partial charge is 0.491 e. The predicted molar refractivity (Wildman–Crippen MR) is 97.2 cm³/mol. The van der Waals surface area contributed by atoms with E-state index in [-0.39, 0.29) is 24.8 Å². The van der Waals surface area contributed by atoms with Crippen molar-refractivity contribution < 1.29 is 14.3 Å². The number of aromatic nitrogens is 1. The third-order valence-electron chi connectivity index (χ3n) is 3.87. The highest BCUT2D eigenvalue weighted by Gasteiger charge is 2.25. The second kappa shape index (κ2) is 6.52. The molecule has 2 amide bonds. The summed E-state index contributed by atoms with van der Waals surface area (Å²) in [6, 6.07) is 14.9. The van der Waals surface area contributed by atoms with Crippen LogP contribution in [0.1, 0.15) is 6.42 Å². The van der Waals surface area contributed by atoms with Crippen LogP contribution in [-0.4, -0.2) is 29.9 Å². The molecule has 1 aliphatic heterocycles. The van der Waals surface area contributed by atoms with Gasteiger partial charge in [-0.05, 0) is 24.3 Å². The molecule has 25 heavy (non-hydrogen) atoms. The lowest BCUT2D eigenvalue weighted by Crippen LogP contribution is -2.37. The minimum Gasteiger partial charge on any atom is -0.491 e. The molecule has 7 heteroatoms. The molecule has 0 bridgehead atoms. The van der Waals surface area contributed by atoms with Crippen LogP contribution in [0.25, 0.3) is 10.2 Å². The van der Waals surface area contributed by atoms with Gasteiger partial charge >= 0.3 is 0 Å². The fourth-order valence-corrected chi connectivity index (χ4v) is 3.60. The highest BCUT2D eigenvalue weighted by Crippen LogP contribution is 2.31. The van der Waals surface area contributed by atoms with Gasteiger partial charge < -0.3 is 10.1 Å². The number of carbonyl (C=O) groups excluding carboxylic acids is 2. The van der Waals surface area contributed by atoms with E-state index in [1.54, 1.807) is 12.1 Å². The number of carbonyl (C=O) groups is 2. The maximum Gasteiger partial charge on any atom is 0.246 e. The number of rotatable bonds is 3. The van der Waals surface area contributed by atoms with Gasteiger partial charge in [0.05, 0.1) is 28.9 Å². The van der Waals surface area contributed by atoms with E-state index in [9.17, 15) is 9.59 Å². The van der Waals surface area contributed by atoms with Gasteiger partial charge in [-0.25, -0.2) is 4.98 Å². The normalized spacial score (nSPS) is 13.9. The first-order chi connectivity index (χ1) is 12.2. The lowest BCUT2D eigenvalue weighted by molar-refractivity contribution is -0.121. The Labute approximate surface area is 148 Å². The summed E-state index contributed by atoms with van der Waals surface area (Å²) in [5, 5.41) is 3.31. The number of anilines is 2. The molecule has 4 rings (SSSR count). The minimum atomic E-state index is -0.288. The summed E-state index contributed by atoms with van der Waals surface area (Å²) in [7, 11) is 0. The molecule has 0 unspecified atom stereocenters. The standard InChI is InChI=1S/C18H15N3O3S/c22-16(20-18-19-12-5-1-4-8-15(12)25-18)11-21-13-6-2-3-7-14(13)24-10-9-17(21)23/h1-8H,9-11H2,(H,19,20,22). The molecule has 3 aromatic rings. The second-order valence-electron chi connectivity index (χ2n) is 5.58. The number of ether oxygens (including phenoxy) is 1. The van der Waals surface area contributed by atoms with Crippen LogP contribution in [0.15, 0.2) is 48.5 Å². The topological polar surface area (TPSA) is 71.5 Å². The van der Waals surface area contributed by atoms with Crippen molar-refractivity contribution in [2.75, 3.05) is 23.4 Å². The van der Waals surface area contributed by atoms with Crippen LogP contribution in [0.5, 0.6) is 5.75 Å². The van der Waals surface area contributed by atoms with Crippen LogP contribution < -0.4 is 15.0 Å². The molecule has 6 nitrogen and oxygen atoms in total. The van der Waals surface area contributed by atoms with Crippen LogP contribution in [0.3, 0.4) is 0 Å². The van der Waals surface area contributed by atoms with Gasteiger partial charge in [0.25, 0.3) is 0 Å². The first kappa shape index (κ1) is 15.6. The van der Waals surface area contributed by atoms with E-state index in [1.165, 1.54) is 16.2 Å². The maximum atomic E-state index is 12.4. The van der Waals surface area contributed by atoms with Crippen LogP contribution in [-0.2, 0) is 9.59 Å². The summed E-state index contributed by atoms with van der Waals surface area (Å²) in [6.07, 6.45) is 0.239. The van der Waals surface area contributed by atoms with Crippen molar-refractivity contribution in [3.8, 4) is 5.75 Å². The summed E-state index contributed by atoms with van der Waals surface area (Å²) in [5.41, 5.74) is 1.46. The Morgan fingerprint density at radius 3 is 2.88 bits per heavy atom. The van der Waals surface area contributed by atoms with Gasteiger partial charge in [0.1, 0.15) is 12.3 Å². The Morgan fingerprint density at radius 2 is 2.00 bits per heavy atom. The minimum absolute atomic E-state index is 0.0743. The molecule has 0 spiro atoms. The van der Waals surface area contributed by atoms with Crippen LogP contribution in [0.4, 0.5) is 10.8 Å². The van der Waals surface area contributed by atoms with Gasteiger partial charge in [0, 0.05) is 0 Å². The average Bonchev–Trinajstić information content (AvgIpc) is 2.95. The first-order valence-electron chi connectivity index (χ1n) is 7.88. The second-order valence-corrected chi connectivity index (χ2v) is 6.61. The third kappa shape index (κ3) is 3.18. The monoisotopic (exact) mass is 353 g/mol. The summed E-state index contributed by atoms with van der Waals surface area (Å²) >= 11 is 1.41. The first-order valence-corrected chi connectivity index (χ1v) is 8.70. The summed E-state index contributed by atoms with van der Waals surface area (Å²) in [4.78, 5) is 30.7. The summed E-state index contributed by atoms with van der Waals surface area (Å²) in [5.74, 6) is 0.189. The van der Waals surface area contributed by atoms with Gasteiger partial charge in [-0.2, -0.15) is 0 Å². The number of fused-ring (bicyclic) bond motifs is 2. The summed E-state index contributed by atoms with van der Waals surface area (Å²) < 4.78 is 6.59.